The molecule has 0 saturated heterocycles. The van der Waals surface area contributed by atoms with Crippen molar-refractivity contribution in [1.82, 2.24) is 0 Å². The minimum Gasteiger partial charge on any atom is -0.496 e. The third-order valence-corrected chi connectivity index (χ3v) is 6.04. The summed E-state index contributed by atoms with van der Waals surface area (Å²) < 4.78 is 31.6. The van der Waals surface area contributed by atoms with Crippen molar-refractivity contribution in [1.29, 1.82) is 0 Å². The number of ketones is 2. The number of carbonyl (C=O) groups excluding carboxylic acids is 4. The first-order chi connectivity index (χ1) is 15.2. The molecule has 0 amide bonds. The van der Waals surface area contributed by atoms with Crippen molar-refractivity contribution in [2.45, 2.75) is 12.5 Å². The molecule has 10 nitrogen and oxygen atoms in total. The number of ether oxygens (including phenoxy) is 6. The number of halogens is 1. The lowest BCUT2D eigenvalue weighted by atomic mass is 9.69. The van der Waals surface area contributed by atoms with E-state index >= 15 is 0 Å². The number of rotatable bonds is 5. The molecule has 32 heavy (non-hydrogen) atoms. The fourth-order valence-corrected chi connectivity index (χ4v) is 4.49. The monoisotopic (exact) mass is 468 g/mol. The van der Waals surface area contributed by atoms with E-state index in [1.165, 1.54) is 28.3 Å². The first-order valence-corrected chi connectivity index (χ1v) is 9.71. The second-order valence-electron chi connectivity index (χ2n) is 7.02. The predicted molar refractivity (Wildman–Crippen MR) is 108 cm³/mol. The van der Waals surface area contributed by atoms with Gasteiger partial charge in [-0.15, -0.1) is 0 Å². The van der Waals surface area contributed by atoms with Gasteiger partial charge in [-0.3, -0.25) is 14.4 Å². The van der Waals surface area contributed by atoms with Gasteiger partial charge in [0.05, 0.1) is 35.5 Å². The fourth-order valence-electron chi connectivity index (χ4n) is 4.18. The predicted octanol–water partition coefficient (Wildman–Crippen LogP) is 2.00. The molecule has 0 bridgehead atoms. The third-order valence-electron chi connectivity index (χ3n) is 5.69. The number of carbonyl (C=O) groups is 4. The normalized spacial score (nSPS) is 23.8. The van der Waals surface area contributed by atoms with Gasteiger partial charge in [-0.1, -0.05) is 18.5 Å². The summed E-state index contributed by atoms with van der Waals surface area (Å²) in [6.07, 6.45) is 1.02. The van der Waals surface area contributed by atoms with Crippen LogP contribution in [0.1, 0.15) is 27.6 Å². The Morgan fingerprint density at radius 2 is 1.62 bits per heavy atom. The lowest BCUT2D eigenvalue weighted by Crippen LogP contribution is -2.56. The summed E-state index contributed by atoms with van der Waals surface area (Å²) in [6.45, 7) is 1.48. The molecule has 0 aromatic heterocycles. The molecule has 1 heterocycles. The van der Waals surface area contributed by atoms with Gasteiger partial charge in [-0.2, -0.15) is 0 Å². The average Bonchev–Trinajstić information content (AvgIpc) is 3.09. The van der Waals surface area contributed by atoms with Crippen LogP contribution in [0.25, 0.3) is 0 Å². The van der Waals surface area contributed by atoms with Crippen LogP contribution in [-0.2, 0) is 23.8 Å². The molecule has 1 spiro atoms. The number of fused-ring (bicyclic) bond motifs is 1. The van der Waals surface area contributed by atoms with Crippen LogP contribution >= 0.6 is 11.6 Å². The lowest BCUT2D eigenvalue weighted by molar-refractivity contribution is -0.154. The number of benzene rings is 1. The van der Waals surface area contributed by atoms with E-state index in [2.05, 4.69) is 0 Å². The van der Waals surface area contributed by atoms with Crippen molar-refractivity contribution in [2.24, 2.45) is 11.8 Å². The van der Waals surface area contributed by atoms with Crippen molar-refractivity contribution in [3.63, 3.8) is 0 Å². The smallest absolute Gasteiger partial charge is 0.345 e. The molecular formula is C21H21ClO10. The fraction of sp³-hybridized carbons (Fsp3) is 0.429. The van der Waals surface area contributed by atoms with E-state index in [1.54, 1.807) is 0 Å². The Labute approximate surface area is 188 Å². The molecule has 0 unspecified atom stereocenters. The van der Waals surface area contributed by atoms with Gasteiger partial charge in [0.2, 0.25) is 11.4 Å². The number of hydrogen-bond acceptors (Lipinski definition) is 10. The van der Waals surface area contributed by atoms with Gasteiger partial charge < -0.3 is 28.4 Å². The van der Waals surface area contributed by atoms with Crippen LogP contribution in [0.15, 0.2) is 11.8 Å². The van der Waals surface area contributed by atoms with E-state index in [-0.39, 0.29) is 39.2 Å². The van der Waals surface area contributed by atoms with Crippen molar-refractivity contribution in [3.05, 3.63) is 28.0 Å². The highest BCUT2D eigenvalue weighted by Crippen LogP contribution is 2.57. The summed E-state index contributed by atoms with van der Waals surface area (Å²) in [7, 11) is 6.03. The van der Waals surface area contributed by atoms with E-state index in [9.17, 15) is 19.2 Å². The van der Waals surface area contributed by atoms with Gasteiger partial charge in [-0.05, 0) is 0 Å². The second kappa shape index (κ2) is 8.34. The largest absolute Gasteiger partial charge is 0.496 e. The Morgan fingerprint density at radius 3 is 2.12 bits per heavy atom. The standard InChI is InChI=1S/C21H21ClO10/c1-8-11(19(25)30-5)9(23)7-10(27-2)21(8)18(24)12-15(28-3)13(20(26)31-6)16(29-4)14(22)17(12)32-21/h7-8,11H,1-6H3/t8-,11-,21-/m1/s1. The average molecular weight is 469 g/mol. The summed E-state index contributed by atoms with van der Waals surface area (Å²) in [4.78, 5) is 51.3. The highest BCUT2D eigenvalue weighted by Gasteiger charge is 2.64. The number of methoxy groups -OCH3 is 5. The highest BCUT2D eigenvalue weighted by atomic mass is 35.5. The topological polar surface area (TPSA) is 124 Å². The molecule has 11 heteroatoms. The van der Waals surface area contributed by atoms with Crippen molar-refractivity contribution in [2.75, 3.05) is 35.5 Å². The summed E-state index contributed by atoms with van der Waals surface area (Å²) in [5.41, 5.74) is -2.34. The van der Waals surface area contributed by atoms with Crippen LogP contribution in [0.2, 0.25) is 5.02 Å². The van der Waals surface area contributed by atoms with Gasteiger partial charge >= 0.3 is 11.9 Å². The van der Waals surface area contributed by atoms with Gasteiger partial charge in [0.25, 0.3) is 0 Å². The van der Waals surface area contributed by atoms with Crippen molar-refractivity contribution < 1.29 is 47.6 Å². The first kappa shape index (κ1) is 23.4. The summed E-state index contributed by atoms with van der Waals surface area (Å²) >= 11 is 6.47. The van der Waals surface area contributed by atoms with E-state index in [0.29, 0.717) is 0 Å². The van der Waals surface area contributed by atoms with Crippen LogP contribution in [0.5, 0.6) is 17.2 Å². The molecular weight excluding hydrogens is 448 g/mol. The highest BCUT2D eigenvalue weighted by molar-refractivity contribution is 6.36. The van der Waals surface area contributed by atoms with Crippen molar-refractivity contribution >= 4 is 35.1 Å². The minimum absolute atomic E-state index is 0.131. The molecule has 0 N–H and O–H groups in total. The molecule has 3 atom stereocenters. The molecule has 1 aliphatic heterocycles. The Bertz CT molecular complexity index is 1060. The third kappa shape index (κ3) is 2.93. The Hall–Kier alpha value is -3.27. The van der Waals surface area contributed by atoms with Gasteiger partial charge in [0, 0.05) is 12.0 Å². The summed E-state index contributed by atoms with van der Waals surface area (Å²) in [6, 6.07) is 0. The Kier molecular flexibility index (Phi) is 6.10. The molecule has 0 fully saturated rings. The van der Waals surface area contributed by atoms with Gasteiger partial charge in [0.1, 0.15) is 22.1 Å². The van der Waals surface area contributed by atoms with E-state index in [4.69, 9.17) is 40.0 Å². The summed E-state index contributed by atoms with van der Waals surface area (Å²) in [5.74, 6) is -6.04. The van der Waals surface area contributed by atoms with Crippen LogP contribution in [0.4, 0.5) is 0 Å². The quantitative estimate of drug-likeness (QED) is 0.468. The molecule has 1 aliphatic carbocycles. The van der Waals surface area contributed by atoms with E-state index < -0.39 is 40.9 Å². The maximum absolute atomic E-state index is 13.9. The second-order valence-corrected chi connectivity index (χ2v) is 7.40. The molecule has 0 saturated carbocycles. The number of allylic oxidation sites excluding steroid dienone is 1. The number of esters is 2. The van der Waals surface area contributed by atoms with Crippen molar-refractivity contribution in [3.8, 4) is 17.2 Å². The zero-order chi connectivity index (χ0) is 24.0. The Balaban J connectivity index is 2.36. The van der Waals surface area contributed by atoms with Crippen LogP contribution in [0, 0.1) is 11.8 Å². The van der Waals surface area contributed by atoms with Gasteiger partial charge in [0.15, 0.2) is 28.8 Å². The molecule has 1 aromatic carbocycles. The van der Waals surface area contributed by atoms with Crippen LogP contribution in [0.3, 0.4) is 0 Å². The zero-order valence-electron chi connectivity index (χ0n) is 18.2. The van der Waals surface area contributed by atoms with E-state index in [1.807, 2.05) is 0 Å². The zero-order valence-corrected chi connectivity index (χ0v) is 18.9. The van der Waals surface area contributed by atoms with Crippen LogP contribution in [-0.4, -0.2) is 64.7 Å². The summed E-state index contributed by atoms with van der Waals surface area (Å²) in [5, 5.41) is -0.192. The first-order valence-electron chi connectivity index (χ1n) is 9.33. The molecule has 3 rings (SSSR count). The van der Waals surface area contributed by atoms with E-state index in [0.717, 1.165) is 20.3 Å². The lowest BCUT2D eigenvalue weighted by Gasteiger charge is -2.39. The molecule has 2 aliphatic rings. The van der Waals surface area contributed by atoms with Crippen LogP contribution < -0.4 is 14.2 Å². The number of hydrogen-bond donors (Lipinski definition) is 0. The molecule has 172 valence electrons. The maximum atomic E-state index is 13.9. The minimum atomic E-state index is -1.94. The maximum Gasteiger partial charge on any atom is 0.345 e. The molecule has 0 radical (unpaired) electrons. The SMILES string of the molecule is COC(=O)c1c(OC)c(Cl)c2c(c1OC)C(=O)[C@]1(O2)C(OC)=CC(=O)[C@H](C(=O)OC)[C@H]1C. The molecule has 1 aromatic rings. The number of Topliss-reactive ketones (excluding diaryl/α,β-unsaturated/α-hetero) is 1. The van der Waals surface area contributed by atoms with Gasteiger partial charge in [-0.25, -0.2) is 4.79 Å². The Morgan fingerprint density at radius 1 is 1.00 bits per heavy atom.